The van der Waals surface area contributed by atoms with Crippen molar-refractivity contribution in [1.29, 1.82) is 0 Å². The van der Waals surface area contributed by atoms with E-state index in [1.54, 1.807) is 6.20 Å². The maximum Gasteiger partial charge on any atom is 0.226 e. The molecule has 5 heterocycles. The van der Waals surface area contributed by atoms with E-state index < -0.39 is 0 Å². The molecule has 0 aliphatic carbocycles. The van der Waals surface area contributed by atoms with Crippen molar-refractivity contribution in [2.45, 2.75) is 19.1 Å². The maximum absolute atomic E-state index is 6.19. The maximum atomic E-state index is 6.19. The van der Waals surface area contributed by atoms with E-state index in [1.165, 1.54) is 0 Å². The fourth-order valence-electron chi connectivity index (χ4n) is 3.94. The van der Waals surface area contributed by atoms with E-state index in [0.29, 0.717) is 16.9 Å². The Morgan fingerprint density at radius 1 is 1.14 bits per heavy atom. The van der Waals surface area contributed by atoms with Gasteiger partial charge in [0.15, 0.2) is 0 Å². The second-order valence-corrected chi connectivity index (χ2v) is 7.81. The third-order valence-electron chi connectivity index (χ3n) is 5.32. The van der Waals surface area contributed by atoms with Crippen LogP contribution in [0.3, 0.4) is 0 Å². The summed E-state index contributed by atoms with van der Waals surface area (Å²) in [5.74, 6) is 1.16. The zero-order valence-corrected chi connectivity index (χ0v) is 16.3. The second-order valence-electron chi connectivity index (χ2n) is 7.37. The molecule has 2 fully saturated rings. The first kappa shape index (κ1) is 17.8. The van der Waals surface area contributed by atoms with Crippen LogP contribution in [0.5, 0.6) is 0 Å². The van der Waals surface area contributed by atoms with Gasteiger partial charge in [0.1, 0.15) is 5.65 Å². The van der Waals surface area contributed by atoms with Crippen LogP contribution >= 0.6 is 11.6 Å². The van der Waals surface area contributed by atoms with Crippen LogP contribution in [0.1, 0.15) is 6.92 Å². The van der Waals surface area contributed by atoms with Crippen LogP contribution in [0.15, 0.2) is 36.8 Å². The average molecular weight is 400 g/mol. The molecule has 2 saturated heterocycles. The summed E-state index contributed by atoms with van der Waals surface area (Å²) in [4.78, 5) is 16.0. The van der Waals surface area contributed by atoms with E-state index in [2.05, 4.69) is 32.6 Å². The van der Waals surface area contributed by atoms with Crippen molar-refractivity contribution in [1.82, 2.24) is 30.2 Å². The van der Waals surface area contributed by atoms with Gasteiger partial charge in [0.2, 0.25) is 5.95 Å². The van der Waals surface area contributed by atoms with Gasteiger partial charge < -0.3 is 9.64 Å². The molecular formula is C19H22ClN7O. The number of fused-ring (bicyclic) bond motifs is 1. The number of halogens is 1. The van der Waals surface area contributed by atoms with Gasteiger partial charge in [0.05, 0.1) is 34.8 Å². The summed E-state index contributed by atoms with van der Waals surface area (Å²) < 4.78 is 8.14. The number of nitrogens with one attached hydrogen (secondary N) is 2. The standard InChI is InChI=1S/C19H22ClN7O/c1-12-9-26(11-17(28-12)13-6-23-24-7-13)19-21-5-4-15(25-19)16-8-22-18-3-2-14(20)10-27(16)18/h2-5,8,10,12-13,17,23-24H,6-7,9,11H2,1H3/t12-,17-/m0/s1. The summed E-state index contributed by atoms with van der Waals surface area (Å²) in [7, 11) is 0. The number of anilines is 1. The molecule has 2 N–H and O–H groups in total. The van der Waals surface area contributed by atoms with Crippen molar-refractivity contribution in [3.63, 3.8) is 0 Å². The predicted molar refractivity (Wildman–Crippen MR) is 107 cm³/mol. The molecule has 0 unspecified atom stereocenters. The Bertz CT molecular complexity index is 987. The topological polar surface area (TPSA) is 79.6 Å². The number of imidazole rings is 1. The minimum Gasteiger partial charge on any atom is -0.371 e. The van der Waals surface area contributed by atoms with Gasteiger partial charge in [-0.15, -0.1) is 0 Å². The van der Waals surface area contributed by atoms with Crippen LogP contribution in [0.2, 0.25) is 5.02 Å². The smallest absolute Gasteiger partial charge is 0.226 e. The third kappa shape index (κ3) is 3.33. The van der Waals surface area contributed by atoms with Crippen molar-refractivity contribution in [2.75, 3.05) is 31.1 Å². The molecule has 2 aliphatic rings. The van der Waals surface area contributed by atoms with Crippen LogP contribution in [-0.2, 0) is 4.74 Å². The highest BCUT2D eigenvalue weighted by Gasteiger charge is 2.34. The van der Waals surface area contributed by atoms with Crippen molar-refractivity contribution in [2.24, 2.45) is 5.92 Å². The zero-order valence-electron chi connectivity index (χ0n) is 15.5. The third-order valence-corrected chi connectivity index (χ3v) is 5.55. The highest BCUT2D eigenvalue weighted by molar-refractivity contribution is 6.30. The number of ether oxygens (including phenoxy) is 1. The summed E-state index contributed by atoms with van der Waals surface area (Å²) in [5, 5.41) is 0.657. The number of hydrazine groups is 1. The fraction of sp³-hybridized carbons (Fsp3) is 0.421. The number of pyridine rings is 1. The zero-order chi connectivity index (χ0) is 19.1. The van der Waals surface area contributed by atoms with E-state index in [1.807, 2.05) is 35.0 Å². The van der Waals surface area contributed by atoms with Gasteiger partial charge >= 0.3 is 0 Å². The lowest BCUT2D eigenvalue weighted by Gasteiger charge is -2.39. The first-order valence-corrected chi connectivity index (χ1v) is 9.87. The van der Waals surface area contributed by atoms with Crippen LogP contribution in [0, 0.1) is 5.92 Å². The van der Waals surface area contributed by atoms with Crippen molar-refractivity contribution in [3.05, 3.63) is 41.8 Å². The first-order valence-electron chi connectivity index (χ1n) is 9.49. The van der Waals surface area contributed by atoms with Crippen LogP contribution < -0.4 is 15.8 Å². The number of morpholine rings is 1. The number of hydrogen-bond acceptors (Lipinski definition) is 7. The Kier molecular flexibility index (Phi) is 4.64. The Morgan fingerprint density at radius 2 is 2.00 bits per heavy atom. The average Bonchev–Trinajstić information content (AvgIpc) is 3.37. The molecule has 28 heavy (non-hydrogen) atoms. The molecule has 146 valence electrons. The van der Waals surface area contributed by atoms with Crippen LogP contribution in [-0.4, -0.2) is 57.7 Å². The molecule has 0 spiro atoms. The molecule has 0 aromatic carbocycles. The van der Waals surface area contributed by atoms with E-state index >= 15 is 0 Å². The lowest BCUT2D eigenvalue weighted by Crippen LogP contribution is -2.51. The molecule has 2 atom stereocenters. The Balaban J connectivity index is 1.45. The first-order chi connectivity index (χ1) is 13.7. The summed E-state index contributed by atoms with van der Waals surface area (Å²) in [6.45, 7) is 5.47. The fourth-order valence-corrected chi connectivity index (χ4v) is 4.10. The summed E-state index contributed by atoms with van der Waals surface area (Å²) >= 11 is 6.17. The van der Waals surface area contributed by atoms with E-state index in [4.69, 9.17) is 21.3 Å². The normalized spacial score (nSPS) is 23.6. The highest BCUT2D eigenvalue weighted by Crippen LogP contribution is 2.25. The number of aromatic nitrogens is 4. The van der Waals surface area contributed by atoms with Crippen LogP contribution in [0.4, 0.5) is 5.95 Å². The Morgan fingerprint density at radius 3 is 2.86 bits per heavy atom. The van der Waals surface area contributed by atoms with Gasteiger partial charge in [-0.2, -0.15) is 0 Å². The minimum atomic E-state index is 0.126. The van der Waals surface area contributed by atoms with E-state index in [9.17, 15) is 0 Å². The lowest BCUT2D eigenvalue weighted by atomic mass is 10.0. The number of nitrogens with zero attached hydrogens (tertiary/aromatic N) is 5. The molecule has 2 aliphatic heterocycles. The summed E-state index contributed by atoms with van der Waals surface area (Å²) in [6.07, 6.45) is 5.75. The molecule has 0 amide bonds. The van der Waals surface area contributed by atoms with Gasteiger partial charge in [-0.05, 0) is 25.1 Å². The summed E-state index contributed by atoms with van der Waals surface area (Å²) in [6, 6.07) is 5.63. The van der Waals surface area contributed by atoms with Crippen molar-refractivity contribution in [3.8, 4) is 11.4 Å². The van der Waals surface area contributed by atoms with Gasteiger partial charge in [-0.3, -0.25) is 15.3 Å². The molecular weight excluding hydrogens is 378 g/mol. The number of hydrogen-bond donors (Lipinski definition) is 2. The lowest BCUT2D eigenvalue weighted by molar-refractivity contribution is -0.0405. The van der Waals surface area contributed by atoms with Gasteiger partial charge in [-0.1, -0.05) is 11.6 Å². The molecule has 9 heteroatoms. The Labute approximate surface area is 167 Å². The molecule has 3 aromatic rings. The highest BCUT2D eigenvalue weighted by atomic mass is 35.5. The molecule has 3 aromatic heterocycles. The molecule has 0 radical (unpaired) electrons. The van der Waals surface area contributed by atoms with Gasteiger partial charge in [0, 0.05) is 44.5 Å². The van der Waals surface area contributed by atoms with E-state index in [0.717, 1.165) is 43.2 Å². The monoisotopic (exact) mass is 399 g/mol. The SMILES string of the molecule is C[C@H]1CN(c2nccc(-c3cnc4ccc(Cl)cn34)n2)C[C@@H](C2CNNC2)O1. The van der Waals surface area contributed by atoms with Crippen LogP contribution in [0.25, 0.3) is 17.0 Å². The molecule has 0 bridgehead atoms. The van der Waals surface area contributed by atoms with Crippen molar-refractivity contribution < 1.29 is 4.74 Å². The van der Waals surface area contributed by atoms with E-state index in [-0.39, 0.29) is 12.2 Å². The molecule has 5 rings (SSSR count). The quantitative estimate of drug-likeness (QED) is 0.694. The Hall–Kier alpha value is -2.26. The van der Waals surface area contributed by atoms with Crippen molar-refractivity contribution >= 4 is 23.2 Å². The largest absolute Gasteiger partial charge is 0.371 e. The van der Waals surface area contributed by atoms with Gasteiger partial charge in [-0.25, -0.2) is 15.0 Å². The predicted octanol–water partition coefficient (Wildman–Crippen LogP) is 1.76. The second kappa shape index (κ2) is 7.29. The molecule has 8 nitrogen and oxygen atoms in total. The summed E-state index contributed by atoms with van der Waals surface area (Å²) in [5.41, 5.74) is 8.92. The van der Waals surface area contributed by atoms with Gasteiger partial charge in [0.25, 0.3) is 0 Å². The number of rotatable bonds is 3. The minimum absolute atomic E-state index is 0.126. The molecule has 0 saturated carbocycles.